The highest BCUT2D eigenvalue weighted by molar-refractivity contribution is 7.09. The van der Waals surface area contributed by atoms with Crippen molar-refractivity contribution in [2.75, 3.05) is 10.9 Å². The van der Waals surface area contributed by atoms with Crippen LogP contribution in [0.2, 0.25) is 0 Å². The Bertz CT molecular complexity index is 1520. The lowest BCUT2D eigenvalue weighted by molar-refractivity contribution is 0.100. The van der Waals surface area contributed by atoms with Gasteiger partial charge < -0.3 is 5.73 Å². The van der Waals surface area contributed by atoms with E-state index in [1.165, 1.54) is 24.7 Å². The van der Waals surface area contributed by atoms with Crippen molar-refractivity contribution in [3.05, 3.63) is 79.3 Å². The van der Waals surface area contributed by atoms with Gasteiger partial charge in [-0.05, 0) is 25.1 Å². The van der Waals surface area contributed by atoms with E-state index in [0.717, 1.165) is 22.3 Å². The number of hydrogen-bond acceptors (Lipinski definition) is 13. The predicted molar refractivity (Wildman–Crippen MR) is 112 cm³/mol. The quantitative estimate of drug-likeness (QED) is 0.286. The molecule has 1 amide bonds. The number of nitrogens with zero attached hydrogens (tertiary/aromatic N) is 8. The molecule has 0 saturated heterocycles. The number of primary amides is 1. The summed E-state index contributed by atoms with van der Waals surface area (Å²) in [6, 6.07) is 3.99. The molecule has 1 aromatic carbocycles. The van der Waals surface area contributed by atoms with E-state index < -0.39 is 22.1 Å². The first kappa shape index (κ1) is 20.6. The fraction of sp³-hybridized carbons (Fsp3) is 0.0588. The highest BCUT2D eigenvalue weighted by Gasteiger charge is 2.17. The fourth-order valence-corrected chi connectivity index (χ4v) is 3.00. The Kier molecular flexibility index (Phi) is 5.54. The van der Waals surface area contributed by atoms with Crippen LogP contribution in [0.5, 0.6) is 0 Å². The summed E-state index contributed by atoms with van der Waals surface area (Å²) in [7, 11) is 0. The summed E-state index contributed by atoms with van der Waals surface area (Å²) in [4.78, 5) is 48.9. The molecule has 0 aliphatic rings. The highest BCUT2D eigenvalue weighted by atomic mass is 32.1. The zero-order chi connectivity index (χ0) is 22.7. The van der Waals surface area contributed by atoms with Gasteiger partial charge in [0.1, 0.15) is 16.7 Å². The van der Waals surface area contributed by atoms with Crippen LogP contribution in [0, 0.1) is 6.92 Å². The van der Waals surface area contributed by atoms with Gasteiger partial charge in [0.2, 0.25) is 16.0 Å². The maximum absolute atomic E-state index is 12.7. The molecule has 160 valence electrons. The molecule has 4 rings (SSSR count). The van der Waals surface area contributed by atoms with Crippen molar-refractivity contribution < 1.29 is 4.79 Å². The molecule has 0 aliphatic heterocycles. The first-order valence-corrected chi connectivity index (χ1v) is 9.61. The minimum atomic E-state index is -0.810. The van der Waals surface area contributed by atoms with E-state index in [0.29, 0.717) is 11.0 Å². The Morgan fingerprint density at radius 3 is 2.62 bits per heavy atom. The van der Waals surface area contributed by atoms with Crippen LogP contribution < -0.4 is 38.2 Å². The van der Waals surface area contributed by atoms with Gasteiger partial charge in [-0.15, -0.1) is 0 Å². The molecule has 3 aromatic heterocycles. The molecule has 0 aliphatic carbocycles. The van der Waals surface area contributed by atoms with E-state index in [2.05, 4.69) is 45.5 Å². The third-order valence-corrected chi connectivity index (χ3v) is 4.63. The summed E-state index contributed by atoms with van der Waals surface area (Å²) < 4.78 is 5.15. The Hall–Kier alpha value is -4.66. The van der Waals surface area contributed by atoms with Gasteiger partial charge in [0, 0.05) is 23.9 Å². The molecule has 4 aromatic rings. The smallest absolute Gasteiger partial charge is 0.254 e. The monoisotopic (exact) mass is 451 g/mol. The normalized spacial score (nSPS) is 12.2. The Balaban J connectivity index is 1.76. The summed E-state index contributed by atoms with van der Waals surface area (Å²) in [5.41, 5.74) is 9.05. The second kappa shape index (κ2) is 8.60. The van der Waals surface area contributed by atoms with Gasteiger partial charge in [0.05, 0.1) is 6.20 Å². The van der Waals surface area contributed by atoms with E-state index in [4.69, 9.17) is 5.73 Å². The van der Waals surface area contributed by atoms with Crippen molar-refractivity contribution in [3.8, 4) is 5.95 Å². The average Bonchev–Trinajstić information content (AvgIpc) is 3.40. The number of hydrogen-bond donors (Lipinski definition) is 3. The number of carbonyl (C=O) groups is 1. The number of aromatic nitrogens is 6. The maximum Gasteiger partial charge on any atom is 0.254 e. The van der Waals surface area contributed by atoms with Crippen molar-refractivity contribution >= 4 is 28.4 Å². The van der Waals surface area contributed by atoms with Crippen LogP contribution in [0.3, 0.4) is 0 Å². The molecule has 0 atom stereocenters. The first-order chi connectivity index (χ1) is 15.4. The summed E-state index contributed by atoms with van der Waals surface area (Å²) in [5, 5.41) is 11.7. The standard InChI is InChI=1S/C17H13N11O3S/c1-8-22-17(32-27-8)26-23-10-3-4-11(29)12(13(10)30)24-25-15-9(14(18)31)7-21-28(15)16-19-5-2-6-20-16/h2-7,25H,1H3,(H2,18,31)(H,22,26,27). The SMILES string of the molecule is Cc1nsc(NN=c2ccc(=O)c(=NNc3c(C(N)=O)cnn3-c3ncccn3)c2=O)n1. The van der Waals surface area contributed by atoms with E-state index in [-0.39, 0.29) is 22.7 Å². The zero-order valence-corrected chi connectivity index (χ0v) is 17.1. The molecule has 32 heavy (non-hydrogen) atoms. The summed E-state index contributed by atoms with van der Waals surface area (Å²) in [6.07, 6.45) is 4.13. The largest absolute Gasteiger partial charge is 0.365 e. The molecule has 14 nitrogen and oxygen atoms in total. The molecule has 3 heterocycles. The van der Waals surface area contributed by atoms with Crippen LogP contribution in [0.1, 0.15) is 16.2 Å². The minimum Gasteiger partial charge on any atom is -0.365 e. The second-order valence-electron chi connectivity index (χ2n) is 6.09. The summed E-state index contributed by atoms with van der Waals surface area (Å²) in [5.74, 6) is -0.168. The molecular weight excluding hydrogens is 438 g/mol. The van der Waals surface area contributed by atoms with Gasteiger partial charge in [-0.2, -0.15) is 24.4 Å². The first-order valence-electron chi connectivity index (χ1n) is 8.84. The van der Waals surface area contributed by atoms with Gasteiger partial charge >= 0.3 is 0 Å². The van der Waals surface area contributed by atoms with E-state index in [1.54, 1.807) is 13.0 Å². The Morgan fingerprint density at radius 1 is 1.16 bits per heavy atom. The number of rotatable bonds is 6. The second-order valence-corrected chi connectivity index (χ2v) is 6.84. The van der Waals surface area contributed by atoms with E-state index in [1.807, 2.05) is 0 Å². The third kappa shape index (κ3) is 4.12. The summed E-state index contributed by atoms with van der Waals surface area (Å²) >= 11 is 1.06. The van der Waals surface area contributed by atoms with Gasteiger partial charge in [0.25, 0.3) is 11.9 Å². The number of benzene rings is 1. The van der Waals surface area contributed by atoms with Crippen LogP contribution in [0.25, 0.3) is 5.95 Å². The zero-order valence-electron chi connectivity index (χ0n) is 16.3. The number of carbonyl (C=O) groups excluding carboxylic acids is 1. The molecule has 0 unspecified atom stereocenters. The molecule has 0 spiro atoms. The summed E-state index contributed by atoms with van der Waals surface area (Å²) in [6.45, 7) is 1.71. The van der Waals surface area contributed by atoms with Crippen molar-refractivity contribution in [1.82, 2.24) is 29.1 Å². The van der Waals surface area contributed by atoms with Gasteiger partial charge in [0.15, 0.2) is 11.2 Å². The molecule has 4 N–H and O–H groups in total. The predicted octanol–water partition coefficient (Wildman–Crippen LogP) is -1.63. The lowest BCUT2D eigenvalue weighted by Crippen LogP contribution is -2.48. The van der Waals surface area contributed by atoms with Gasteiger partial charge in [-0.25, -0.2) is 15.0 Å². The lowest BCUT2D eigenvalue weighted by atomic mass is 10.3. The van der Waals surface area contributed by atoms with Crippen molar-refractivity contribution in [3.63, 3.8) is 0 Å². The molecule has 0 fully saturated rings. The number of anilines is 2. The average molecular weight is 451 g/mol. The lowest BCUT2D eigenvalue weighted by Gasteiger charge is -2.05. The third-order valence-electron chi connectivity index (χ3n) is 3.92. The topological polar surface area (TPSA) is 195 Å². The molecular formula is C17H13N11O3S. The minimum absolute atomic E-state index is 0.0210. The fourth-order valence-electron chi connectivity index (χ4n) is 2.48. The van der Waals surface area contributed by atoms with Crippen LogP contribution in [-0.2, 0) is 0 Å². The number of nitrogens with one attached hydrogen (secondary N) is 2. The number of aryl methyl sites for hydroxylation is 1. The molecule has 15 heteroatoms. The Morgan fingerprint density at radius 2 is 1.94 bits per heavy atom. The number of amides is 1. The van der Waals surface area contributed by atoms with Crippen LogP contribution in [-0.4, -0.2) is 35.0 Å². The van der Waals surface area contributed by atoms with Crippen molar-refractivity contribution in [2.24, 2.45) is 15.9 Å². The van der Waals surface area contributed by atoms with Gasteiger partial charge in [-0.1, -0.05) is 0 Å². The highest BCUT2D eigenvalue weighted by Crippen LogP contribution is 2.17. The van der Waals surface area contributed by atoms with E-state index >= 15 is 0 Å². The van der Waals surface area contributed by atoms with Crippen LogP contribution in [0.4, 0.5) is 10.9 Å². The maximum atomic E-state index is 12.7. The van der Waals surface area contributed by atoms with Crippen LogP contribution >= 0.6 is 11.5 Å². The van der Waals surface area contributed by atoms with Crippen LogP contribution in [0.15, 0.2) is 56.6 Å². The Labute approximate surface area is 181 Å². The van der Waals surface area contributed by atoms with E-state index in [9.17, 15) is 14.4 Å². The molecule has 0 bridgehead atoms. The number of nitrogens with two attached hydrogens (primary N) is 1. The van der Waals surface area contributed by atoms with Crippen molar-refractivity contribution in [1.29, 1.82) is 0 Å². The van der Waals surface area contributed by atoms with Crippen molar-refractivity contribution in [2.45, 2.75) is 6.92 Å². The van der Waals surface area contributed by atoms with Gasteiger partial charge in [-0.3, -0.25) is 25.2 Å². The molecule has 0 saturated carbocycles. The molecule has 0 radical (unpaired) electrons.